The Bertz CT molecular complexity index is 257. The van der Waals surface area contributed by atoms with Crippen LogP contribution in [0.1, 0.15) is 6.42 Å². The van der Waals surface area contributed by atoms with Gasteiger partial charge in [-0.25, -0.2) is 4.98 Å². The second kappa shape index (κ2) is 3.58. The first-order valence-corrected chi connectivity index (χ1v) is 4.17. The van der Waals surface area contributed by atoms with E-state index in [9.17, 15) is 13.2 Å². The molecule has 7 heteroatoms. The predicted molar refractivity (Wildman–Crippen MR) is 43.4 cm³/mol. The Hall–Kier alpha value is -0.340. The molecule has 0 aliphatic carbocycles. The zero-order valence-corrected chi connectivity index (χ0v) is 8.00. The molecule has 0 amide bonds. The summed E-state index contributed by atoms with van der Waals surface area (Å²) in [5, 5.41) is 3.71. The van der Waals surface area contributed by atoms with Crippen LogP contribution in [0.25, 0.3) is 0 Å². The minimum Gasteiger partial charge on any atom is -0.252 e. The van der Waals surface area contributed by atoms with Crippen LogP contribution in [0.5, 0.6) is 0 Å². The maximum absolute atomic E-state index is 11.7. The third-order valence-electron chi connectivity index (χ3n) is 1.13. The van der Waals surface area contributed by atoms with Crippen molar-refractivity contribution >= 4 is 22.6 Å². The van der Waals surface area contributed by atoms with Crippen LogP contribution in [0, 0.1) is 3.83 Å². The van der Waals surface area contributed by atoms with Crippen LogP contribution < -0.4 is 0 Å². The van der Waals surface area contributed by atoms with Crippen molar-refractivity contribution in [2.45, 2.75) is 19.1 Å². The van der Waals surface area contributed by atoms with Crippen molar-refractivity contribution in [2.24, 2.45) is 0 Å². The van der Waals surface area contributed by atoms with Gasteiger partial charge in [0.25, 0.3) is 0 Å². The van der Waals surface area contributed by atoms with Gasteiger partial charge in [-0.05, 0) is 0 Å². The number of rotatable bonds is 2. The van der Waals surface area contributed by atoms with Crippen LogP contribution >= 0.6 is 22.6 Å². The summed E-state index contributed by atoms with van der Waals surface area (Å²) in [5.41, 5.74) is 0. The average molecular weight is 291 g/mol. The summed E-state index contributed by atoms with van der Waals surface area (Å²) in [6.07, 6.45) is -3.71. The molecule has 0 aliphatic heterocycles. The fourth-order valence-electron chi connectivity index (χ4n) is 0.621. The molecule has 68 valence electrons. The van der Waals surface area contributed by atoms with Crippen molar-refractivity contribution in [3.8, 4) is 0 Å². The SMILES string of the molecule is FC(F)(F)CCn1cnc(I)n1. The first-order chi connectivity index (χ1) is 5.47. The second-order valence-electron chi connectivity index (χ2n) is 2.14. The largest absolute Gasteiger partial charge is 0.390 e. The van der Waals surface area contributed by atoms with E-state index in [-0.39, 0.29) is 6.54 Å². The van der Waals surface area contributed by atoms with Gasteiger partial charge >= 0.3 is 6.18 Å². The molecular weight excluding hydrogens is 286 g/mol. The Morgan fingerprint density at radius 2 is 2.17 bits per heavy atom. The van der Waals surface area contributed by atoms with Gasteiger partial charge in [-0.15, -0.1) is 5.10 Å². The molecule has 1 aromatic rings. The molecule has 0 spiro atoms. The van der Waals surface area contributed by atoms with E-state index in [4.69, 9.17) is 0 Å². The van der Waals surface area contributed by atoms with E-state index in [0.29, 0.717) is 3.83 Å². The van der Waals surface area contributed by atoms with E-state index in [1.807, 2.05) is 22.6 Å². The smallest absolute Gasteiger partial charge is 0.252 e. The van der Waals surface area contributed by atoms with Gasteiger partial charge in [0.2, 0.25) is 3.83 Å². The van der Waals surface area contributed by atoms with Gasteiger partial charge in [-0.2, -0.15) is 13.2 Å². The number of aromatic nitrogens is 3. The van der Waals surface area contributed by atoms with E-state index in [1.165, 1.54) is 11.0 Å². The van der Waals surface area contributed by atoms with E-state index < -0.39 is 12.6 Å². The molecular formula is C5H5F3IN3. The van der Waals surface area contributed by atoms with E-state index in [1.54, 1.807) is 0 Å². The predicted octanol–water partition coefficient (Wildman–Crippen LogP) is 1.84. The maximum Gasteiger partial charge on any atom is 0.390 e. The number of hydrogen-bond donors (Lipinski definition) is 0. The van der Waals surface area contributed by atoms with E-state index in [2.05, 4.69) is 10.1 Å². The topological polar surface area (TPSA) is 30.7 Å². The molecule has 1 heterocycles. The van der Waals surface area contributed by atoms with Crippen molar-refractivity contribution in [1.82, 2.24) is 14.8 Å². The summed E-state index contributed by atoms with van der Waals surface area (Å²) in [6.45, 7) is -0.167. The molecule has 1 rings (SSSR count). The van der Waals surface area contributed by atoms with Crippen LogP contribution in [0.15, 0.2) is 6.33 Å². The number of hydrogen-bond acceptors (Lipinski definition) is 2. The van der Waals surface area contributed by atoms with Crippen molar-refractivity contribution in [3.63, 3.8) is 0 Å². The third-order valence-corrected chi connectivity index (χ3v) is 1.63. The summed E-state index contributed by atoms with van der Waals surface area (Å²) < 4.78 is 36.7. The lowest BCUT2D eigenvalue weighted by Crippen LogP contribution is -2.12. The Morgan fingerprint density at radius 1 is 1.50 bits per heavy atom. The van der Waals surface area contributed by atoms with Gasteiger partial charge in [0, 0.05) is 22.6 Å². The molecule has 3 nitrogen and oxygen atoms in total. The van der Waals surface area contributed by atoms with Crippen LogP contribution in [0.2, 0.25) is 0 Å². The lowest BCUT2D eigenvalue weighted by molar-refractivity contribution is -0.137. The van der Waals surface area contributed by atoms with Crippen LogP contribution in [0.3, 0.4) is 0 Å². The second-order valence-corrected chi connectivity index (χ2v) is 3.11. The summed E-state index contributed by atoms with van der Waals surface area (Å²) in [6, 6.07) is 0. The molecule has 0 atom stereocenters. The molecule has 0 aromatic carbocycles. The molecule has 1 aromatic heterocycles. The van der Waals surface area contributed by atoms with Gasteiger partial charge in [0.1, 0.15) is 6.33 Å². The minimum absolute atomic E-state index is 0.167. The van der Waals surface area contributed by atoms with Crippen LogP contribution in [-0.2, 0) is 6.54 Å². The highest BCUT2D eigenvalue weighted by Crippen LogP contribution is 2.19. The molecule has 0 saturated heterocycles. The molecule has 12 heavy (non-hydrogen) atoms. The Kier molecular flexibility index (Phi) is 2.91. The van der Waals surface area contributed by atoms with Gasteiger partial charge in [0.15, 0.2) is 0 Å². The van der Waals surface area contributed by atoms with Gasteiger partial charge in [-0.3, -0.25) is 4.68 Å². The highest BCUT2D eigenvalue weighted by Gasteiger charge is 2.26. The summed E-state index contributed by atoms with van der Waals surface area (Å²) in [4.78, 5) is 3.69. The molecule has 0 fully saturated rings. The van der Waals surface area contributed by atoms with Crippen molar-refractivity contribution in [1.29, 1.82) is 0 Å². The molecule has 0 aliphatic rings. The van der Waals surface area contributed by atoms with Crippen molar-refractivity contribution < 1.29 is 13.2 Å². The number of nitrogens with zero attached hydrogens (tertiary/aromatic N) is 3. The summed E-state index contributed by atoms with van der Waals surface area (Å²) in [7, 11) is 0. The monoisotopic (exact) mass is 291 g/mol. The quantitative estimate of drug-likeness (QED) is 0.778. The Morgan fingerprint density at radius 3 is 2.58 bits per heavy atom. The lowest BCUT2D eigenvalue weighted by Gasteiger charge is -2.04. The van der Waals surface area contributed by atoms with E-state index >= 15 is 0 Å². The zero-order valence-electron chi connectivity index (χ0n) is 5.85. The first kappa shape index (κ1) is 9.75. The summed E-state index contributed by atoms with van der Waals surface area (Å²) in [5.74, 6) is 0. The van der Waals surface area contributed by atoms with Crippen molar-refractivity contribution in [2.75, 3.05) is 0 Å². The van der Waals surface area contributed by atoms with Crippen molar-refractivity contribution in [3.05, 3.63) is 10.2 Å². The number of halogens is 4. The number of aryl methyl sites for hydroxylation is 1. The molecule has 0 radical (unpaired) electrons. The average Bonchev–Trinajstić information content (AvgIpc) is 2.30. The number of alkyl halides is 3. The lowest BCUT2D eigenvalue weighted by atomic mass is 10.4. The fourth-order valence-corrected chi connectivity index (χ4v) is 1.02. The third kappa shape index (κ3) is 3.37. The molecule has 0 saturated carbocycles. The standard InChI is InChI=1S/C5H5F3IN3/c6-5(7,8)1-2-12-3-10-4(9)11-12/h3H,1-2H2. The van der Waals surface area contributed by atoms with Gasteiger partial charge < -0.3 is 0 Å². The van der Waals surface area contributed by atoms with E-state index in [0.717, 1.165) is 0 Å². The molecule has 0 N–H and O–H groups in total. The maximum atomic E-state index is 11.7. The Balaban J connectivity index is 2.44. The highest BCUT2D eigenvalue weighted by molar-refractivity contribution is 14.1. The van der Waals surface area contributed by atoms with Gasteiger partial charge in [-0.1, -0.05) is 0 Å². The minimum atomic E-state index is -4.13. The van der Waals surface area contributed by atoms with Crippen LogP contribution in [0.4, 0.5) is 13.2 Å². The normalized spacial score (nSPS) is 12.0. The highest BCUT2D eigenvalue weighted by atomic mass is 127. The fraction of sp³-hybridized carbons (Fsp3) is 0.600. The zero-order chi connectivity index (χ0) is 9.19. The molecule has 0 unspecified atom stereocenters. The summed E-state index contributed by atoms with van der Waals surface area (Å²) >= 11 is 1.84. The first-order valence-electron chi connectivity index (χ1n) is 3.09. The van der Waals surface area contributed by atoms with Crippen LogP contribution in [-0.4, -0.2) is 20.9 Å². The van der Waals surface area contributed by atoms with Gasteiger partial charge in [0.05, 0.1) is 13.0 Å². The molecule has 0 bridgehead atoms. The Labute approximate surface area is 80.1 Å².